The molecule has 0 unspecified atom stereocenters. The van der Waals surface area contributed by atoms with Crippen molar-refractivity contribution in [2.24, 2.45) is 0 Å². The number of hydrogen-bond acceptors (Lipinski definition) is 6. The van der Waals surface area contributed by atoms with Crippen molar-refractivity contribution in [1.82, 2.24) is 19.8 Å². The van der Waals surface area contributed by atoms with Crippen LogP contribution >= 0.6 is 11.3 Å². The Bertz CT molecular complexity index is 908. The molecule has 3 heterocycles. The van der Waals surface area contributed by atoms with E-state index in [1.165, 1.54) is 11.3 Å². The van der Waals surface area contributed by atoms with Gasteiger partial charge in [-0.3, -0.25) is 0 Å². The molecule has 0 atom stereocenters. The van der Waals surface area contributed by atoms with Crippen LogP contribution in [0.4, 0.5) is 0 Å². The fourth-order valence-corrected chi connectivity index (χ4v) is 3.05. The van der Waals surface area contributed by atoms with E-state index >= 15 is 0 Å². The minimum Gasteiger partial charge on any atom is -0.472 e. The van der Waals surface area contributed by atoms with E-state index in [4.69, 9.17) is 9.26 Å². The Morgan fingerprint density at radius 1 is 1.23 bits per heavy atom. The lowest BCUT2D eigenvalue weighted by Gasteiger charge is -1.99. The zero-order valence-electron chi connectivity index (χ0n) is 12.0. The molecule has 110 valence electrons. The number of methoxy groups -OCH3 is 1. The molecular weight excluding hydrogens is 300 g/mol. The van der Waals surface area contributed by atoms with Gasteiger partial charge in [0.05, 0.1) is 24.6 Å². The predicted octanol–water partition coefficient (Wildman–Crippen LogP) is 3.43. The van der Waals surface area contributed by atoms with E-state index in [1.807, 2.05) is 43.5 Å². The van der Waals surface area contributed by atoms with Crippen LogP contribution in [0.15, 0.2) is 41.1 Å². The highest BCUT2D eigenvalue weighted by Crippen LogP contribution is 2.34. The van der Waals surface area contributed by atoms with Gasteiger partial charge >= 0.3 is 0 Å². The van der Waals surface area contributed by atoms with Gasteiger partial charge in [-0.2, -0.15) is 0 Å². The number of fused-ring (bicyclic) bond motifs is 1. The van der Waals surface area contributed by atoms with Crippen LogP contribution in [0.3, 0.4) is 0 Å². The molecule has 0 saturated carbocycles. The van der Waals surface area contributed by atoms with Crippen molar-refractivity contribution in [1.29, 1.82) is 0 Å². The number of rotatable bonds is 3. The molecule has 0 fully saturated rings. The average molecular weight is 312 g/mol. The zero-order chi connectivity index (χ0) is 15.1. The van der Waals surface area contributed by atoms with Gasteiger partial charge in [0.25, 0.3) is 5.19 Å². The molecule has 0 aliphatic heterocycles. The minimum atomic E-state index is 0.583. The Kier molecular flexibility index (Phi) is 2.93. The van der Waals surface area contributed by atoms with Gasteiger partial charge in [-0.05, 0) is 18.3 Å². The summed E-state index contributed by atoms with van der Waals surface area (Å²) in [6, 6.07) is 9.92. The van der Waals surface area contributed by atoms with Crippen LogP contribution in [0.1, 0.15) is 5.76 Å². The maximum Gasteiger partial charge on any atom is 0.294 e. The van der Waals surface area contributed by atoms with Crippen molar-refractivity contribution in [2.75, 3.05) is 7.11 Å². The monoisotopic (exact) mass is 312 g/mol. The van der Waals surface area contributed by atoms with Gasteiger partial charge in [-0.15, -0.1) is 5.10 Å². The van der Waals surface area contributed by atoms with Crippen molar-refractivity contribution in [3.63, 3.8) is 0 Å². The van der Waals surface area contributed by atoms with E-state index in [2.05, 4.69) is 15.2 Å². The molecule has 0 aliphatic carbocycles. The summed E-state index contributed by atoms with van der Waals surface area (Å²) in [5.41, 5.74) is 3.47. The molecule has 0 radical (unpaired) electrons. The van der Waals surface area contributed by atoms with Crippen LogP contribution in [0.25, 0.3) is 27.5 Å². The summed E-state index contributed by atoms with van der Waals surface area (Å²) < 4.78 is 12.2. The first-order valence-corrected chi connectivity index (χ1v) is 7.50. The lowest BCUT2D eigenvalue weighted by atomic mass is 10.0. The summed E-state index contributed by atoms with van der Waals surface area (Å²) in [6.45, 7) is 1.89. The molecule has 0 aliphatic rings. The number of imidazole rings is 1. The topological polar surface area (TPSA) is 65.5 Å². The van der Waals surface area contributed by atoms with Crippen molar-refractivity contribution >= 4 is 16.3 Å². The molecule has 22 heavy (non-hydrogen) atoms. The summed E-state index contributed by atoms with van der Waals surface area (Å²) >= 11 is 1.39. The molecule has 3 aromatic heterocycles. The van der Waals surface area contributed by atoms with Crippen molar-refractivity contribution in [3.8, 4) is 27.7 Å². The second-order valence-electron chi connectivity index (χ2n) is 4.75. The SMILES string of the molecule is COc1nn2cc(-c3c(-c4ccccc4)noc3C)nc2s1. The summed E-state index contributed by atoms with van der Waals surface area (Å²) in [4.78, 5) is 5.38. The van der Waals surface area contributed by atoms with Crippen LogP contribution in [-0.2, 0) is 0 Å². The summed E-state index contributed by atoms with van der Waals surface area (Å²) in [7, 11) is 1.59. The Labute approximate surface area is 130 Å². The van der Waals surface area contributed by atoms with Crippen molar-refractivity contribution in [3.05, 3.63) is 42.3 Å². The second kappa shape index (κ2) is 4.96. The Balaban J connectivity index is 1.87. The van der Waals surface area contributed by atoms with Gasteiger partial charge in [-0.25, -0.2) is 9.50 Å². The van der Waals surface area contributed by atoms with Gasteiger partial charge in [0.2, 0.25) is 4.96 Å². The molecule has 0 spiro atoms. The van der Waals surface area contributed by atoms with Crippen LogP contribution in [0.5, 0.6) is 5.19 Å². The van der Waals surface area contributed by atoms with E-state index in [0.717, 1.165) is 33.2 Å². The van der Waals surface area contributed by atoms with E-state index in [0.29, 0.717) is 5.19 Å². The lowest BCUT2D eigenvalue weighted by Crippen LogP contribution is -1.86. The molecule has 0 amide bonds. The highest BCUT2D eigenvalue weighted by atomic mass is 32.1. The van der Waals surface area contributed by atoms with Gasteiger partial charge in [-0.1, -0.05) is 35.5 Å². The van der Waals surface area contributed by atoms with Crippen LogP contribution in [0.2, 0.25) is 0 Å². The van der Waals surface area contributed by atoms with Crippen molar-refractivity contribution in [2.45, 2.75) is 6.92 Å². The third-order valence-electron chi connectivity index (χ3n) is 3.37. The third-order valence-corrected chi connectivity index (χ3v) is 4.25. The van der Waals surface area contributed by atoms with Gasteiger partial charge < -0.3 is 9.26 Å². The molecule has 0 saturated heterocycles. The molecule has 0 N–H and O–H groups in total. The lowest BCUT2D eigenvalue weighted by molar-refractivity contribution is 0.400. The van der Waals surface area contributed by atoms with E-state index in [1.54, 1.807) is 11.6 Å². The molecule has 7 heteroatoms. The predicted molar refractivity (Wildman–Crippen MR) is 83.1 cm³/mol. The standard InChI is InChI=1S/C15H12N4O2S/c1-9-12(13(18-21-9)10-6-4-3-5-7-10)11-8-19-14(16-11)22-15(17-19)20-2/h3-8H,1-2H3. The zero-order valence-corrected chi connectivity index (χ0v) is 12.8. The van der Waals surface area contributed by atoms with Gasteiger partial charge in [0, 0.05) is 5.56 Å². The van der Waals surface area contributed by atoms with E-state index < -0.39 is 0 Å². The fourth-order valence-electron chi connectivity index (χ4n) is 2.35. The molecule has 1 aromatic carbocycles. The fraction of sp³-hybridized carbons (Fsp3) is 0.133. The maximum absolute atomic E-state index is 5.38. The normalized spacial score (nSPS) is 11.2. The number of nitrogens with zero attached hydrogens (tertiary/aromatic N) is 4. The third kappa shape index (κ3) is 1.98. The molecule has 4 aromatic rings. The minimum absolute atomic E-state index is 0.583. The average Bonchev–Trinajstić information content (AvgIpc) is 3.19. The summed E-state index contributed by atoms with van der Waals surface area (Å²) in [6.07, 6.45) is 1.86. The first kappa shape index (κ1) is 13.0. The largest absolute Gasteiger partial charge is 0.472 e. The Hall–Kier alpha value is -2.67. The number of aromatic nitrogens is 4. The maximum atomic E-state index is 5.38. The number of hydrogen-bond donors (Lipinski definition) is 0. The van der Waals surface area contributed by atoms with Crippen LogP contribution in [-0.4, -0.2) is 26.9 Å². The first-order valence-electron chi connectivity index (χ1n) is 6.68. The van der Waals surface area contributed by atoms with Crippen LogP contribution < -0.4 is 4.74 Å². The van der Waals surface area contributed by atoms with E-state index in [-0.39, 0.29) is 0 Å². The first-order chi connectivity index (χ1) is 10.8. The number of ether oxygens (including phenoxy) is 1. The highest BCUT2D eigenvalue weighted by Gasteiger charge is 2.20. The molecular formula is C15H12N4O2S. The number of aryl methyl sites for hydroxylation is 1. The van der Waals surface area contributed by atoms with Gasteiger partial charge in [0.1, 0.15) is 11.5 Å². The Morgan fingerprint density at radius 2 is 2.05 bits per heavy atom. The molecule has 0 bridgehead atoms. The highest BCUT2D eigenvalue weighted by molar-refractivity contribution is 7.18. The van der Waals surface area contributed by atoms with Gasteiger partial charge in [0.15, 0.2) is 0 Å². The molecule has 6 nitrogen and oxygen atoms in total. The molecule has 4 rings (SSSR count). The summed E-state index contributed by atoms with van der Waals surface area (Å²) in [5.74, 6) is 0.733. The number of benzene rings is 1. The second-order valence-corrected chi connectivity index (χ2v) is 5.67. The smallest absolute Gasteiger partial charge is 0.294 e. The van der Waals surface area contributed by atoms with Crippen molar-refractivity contribution < 1.29 is 9.26 Å². The Morgan fingerprint density at radius 3 is 2.77 bits per heavy atom. The van der Waals surface area contributed by atoms with E-state index in [9.17, 15) is 0 Å². The quantitative estimate of drug-likeness (QED) is 0.580. The summed E-state index contributed by atoms with van der Waals surface area (Å²) in [5, 5.41) is 9.06. The van der Waals surface area contributed by atoms with Crippen LogP contribution in [0, 0.1) is 6.92 Å².